The molecule has 0 spiro atoms. The average molecular weight is 522 g/mol. The summed E-state index contributed by atoms with van der Waals surface area (Å²) in [6.07, 6.45) is 7.16. The van der Waals surface area contributed by atoms with Crippen LogP contribution in [0.3, 0.4) is 0 Å². The number of carbonyl (C=O) groups excluding carboxylic acids is 3. The number of nitriles is 1. The molecule has 6 aliphatic rings. The summed E-state index contributed by atoms with van der Waals surface area (Å²) < 4.78 is 11.5. The first-order chi connectivity index (χ1) is 17.5. The van der Waals surface area contributed by atoms with Gasteiger partial charge in [-0.3, -0.25) is 14.4 Å². The van der Waals surface area contributed by atoms with Gasteiger partial charge < -0.3 is 9.47 Å². The van der Waals surface area contributed by atoms with Crippen LogP contribution in [0.5, 0.6) is 0 Å². The molecule has 5 fully saturated rings. The molecule has 1 aliphatic heterocycles. The SMILES string of the molecule is COC(=O)[C@]12CCC(C)(C)C[C@H]1[C@H]1C(=O)C=C3[C@@]4(C)[C@H]5O[C@@]5(C#N)C(=O)C(C)(C)[C@@H]4CC[C@@]3(C)[C@]1(C)CC2. The summed E-state index contributed by atoms with van der Waals surface area (Å²) in [5, 5.41) is 10.1. The number of carbonyl (C=O) groups is 3. The van der Waals surface area contributed by atoms with E-state index in [0.29, 0.717) is 0 Å². The number of hydrogen-bond acceptors (Lipinski definition) is 6. The van der Waals surface area contributed by atoms with Crippen molar-refractivity contribution >= 4 is 17.5 Å². The summed E-state index contributed by atoms with van der Waals surface area (Å²) in [6.45, 7) is 15.2. The minimum atomic E-state index is -1.41. The van der Waals surface area contributed by atoms with Crippen molar-refractivity contribution in [1.82, 2.24) is 0 Å². The molecule has 0 N–H and O–H groups in total. The molecule has 0 aromatic carbocycles. The number of methoxy groups -OCH3 is 1. The Labute approximate surface area is 226 Å². The lowest BCUT2D eigenvalue weighted by Crippen LogP contribution is -2.68. The molecule has 0 aromatic rings. The molecule has 0 aromatic heterocycles. The molecular weight excluding hydrogens is 478 g/mol. The number of esters is 1. The minimum Gasteiger partial charge on any atom is -0.469 e. The van der Waals surface area contributed by atoms with Crippen molar-refractivity contribution in [3.8, 4) is 6.07 Å². The van der Waals surface area contributed by atoms with Crippen LogP contribution in [0.1, 0.15) is 93.4 Å². The molecule has 0 radical (unpaired) electrons. The Morgan fingerprint density at radius 3 is 2.32 bits per heavy atom. The molecule has 6 heteroatoms. The van der Waals surface area contributed by atoms with Gasteiger partial charge in [-0.25, -0.2) is 0 Å². The molecule has 9 atom stereocenters. The third-order valence-corrected chi connectivity index (χ3v) is 13.3. The van der Waals surface area contributed by atoms with E-state index in [2.05, 4.69) is 40.7 Å². The molecule has 206 valence electrons. The second-order valence-electron chi connectivity index (χ2n) is 15.6. The van der Waals surface area contributed by atoms with Crippen LogP contribution in [0.4, 0.5) is 0 Å². The third-order valence-electron chi connectivity index (χ3n) is 13.3. The van der Waals surface area contributed by atoms with Crippen LogP contribution >= 0.6 is 0 Å². The van der Waals surface area contributed by atoms with Gasteiger partial charge in [0.2, 0.25) is 5.60 Å². The van der Waals surface area contributed by atoms with Crippen LogP contribution in [0.25, 0.3) is 0 Å². The highest BCUT2D eigenvalue weighted by Gasteiger charge is 2.82. The third kappa shape index (κ3) is 2.66. The van der Waals surface area contributed by atoms with E-state index >= 15 is 0 Å². The van der Waals surface area contributed by atoms with Crippen molar-refractivity contribution in [1.29, 1.82) is 5.26 Å². The number of ether oxygens (including phenoxy) is 2. The Morgan fingerprint density at radius 1 is 1.03 bits per heavy atom. The fourth-order valence-electron chi connectivity index (χ4n) is 11.0. The average Bonchev–Trinajstić information content (AvgIpc) is 3.61. The zero-order valence-electron chi connectivity index (χ0n) is 24.3. The maximum absolute atomic E-state index is 14.5. The van der Waals surface area contributed by atoms with E-state index in [1.165, 1.54) is 7.11 Å². The number of Topliss-reactive ketones (excluding diaryl/α,β-unsaturated/α-hetero) is 1. The summed E-state index contributed by atoms with van der Waals surface area (Å²) in [6, 6.07) is 2.24. The molecule has 0 bridgehead atoms. The smallest absolute Gasteiger partial charge is 0.312 e. The van der Waals surface area contributed by atoms with Crippen LogP contribution in [0, 0.1) is 61.6 Å². The number of rotatable bonds is 1. The quantitative estimate of drug-likeness (QED) is 0.330. The van der Waals surface area contributed by atoms with Crippen LogP contribution in [-0.4, -0.2) is 36.4 Å². The fraction of sp³-hybridized carbons (Fsp3) is 0.812. The first-order valence-corrected chi connectivity index (χ1v) is 14.5. The van der Waals surface area contributed by atoms with Gasteiger partial charge >= 0.3 is 5.97 Å². The van der Waals surface area contributed by atoms with Gasteiger partial charge in [-0.15, -0.1) is 0 Å². The monoisotopic (exact) mass is 521 g/mol. The highest BCUT2D eigenvalue weighted by Crippen LogP contribution is 2.77. The largest absolute Gasteiger partial charge is 0.469 e. The number of ketones is 2. The molecular formula is C32H43NO5. The number of nitrogens with zero attached hydrogens (tertiary/aromatic N) is 1. The summed E-state index contributed by atoms with van der Waals surface area (Å²) >= 11 is 0. The second-order valence-corrected chi connectivity index (χ2v) is 15.6. The lowest BCUT2D eigenvalue weighted by atomic mass is 9.33. The van der Waals surface area contributed by atoms with Gasteiger partial charge in [0.25, 0.3) is 0 Å². The zero-order valence-corrected chi connectivity index (χ0v) is 24.3. The van der Waals surface area contributed by atoms with Crippen LogP contribution < -0.4 is 0 Å². The Balaban J connectivity index is 1.52. The summed E-state index contributed by atoms with van der Waals surface area (Å²) in [5.41, 5.74) is -2.83. The van der Waals surface area contributed by atoms with Crippen molar-refractivity contribution in [2.45, 2.75) is 105 Å². The Morgan fingerprint density at radius 2 is 1.68 bits per heavy atom. The predicted molar refractivity (Wildman–Crippen MR) is 140 cm³/mol. The Hall–Kier alpha value is -2.00. The van der Waals surface area contributed by atoms with Gasteiger partial charge in [0, 0.05) is 16.7 Å². The van der Waals surface area contributed by atoms with E-state index in [1.807, 2.05) is 19.9 Å². The molecule has 5 aliphatic carbocycles. The van der Waals surface area contributed by atoms with Gasteiger partial charge in [0.05, 0.1) is 12.5 Å². The van der Waals surface area contributed by atoms with E-state index in [9.17, 15) is 19.6 Å². The normalized spacial score (nSPS) is 51.6. The summed E-state index contributed by atoms with van der Waals surface area (Å²) in [5.74, 6) is -0.486. The number of hydrogen-bond donors (Lipinski definition) is 0. The van der Waals surface area contributed by atoms with Crippen LogP contribution in [0.15, 0.2) is 11.6 Å². The zero-order chi connectivity index (χ0) is 27.9. The molecule has 0 amide bonds. The topological polar surface area (TPSA) is 96.8 Å². The first kappa shape index (κ1) is 26.2. The Bertz CT molecular complexity index is 1240. The molecule has 1 heterocycles. The van der Waals surface area contributed by atoms with Crippen molar-refractivity contribution in [3.63, 3.8) is 0 Å². The summed E-state index contributed by atoms with van der Waals surface area (Å²) in [4.78, 5) is 41.4. The number of allylic oxidation sites excluding steroid dienone is 1. The van der Waals surface area contributed by atoms with E-state index < -0.39 is 27.9 Å². The van der Waals surface area contributed by atoms with Crippen molar-refractivity contribution in [3.05, 3.63) is 11.6 Å². The molecule has 38 heavy (non-hydrogen) atoms. The lowest BCUT2D eigenvalue weighted by Gasteiger charge is -2.69. The van der Waals surface area contributed by atoms with Crippen molar-refractivity contribution < 1.29 is 23.9 Å². The van der Waals surface area contributed by atoms with E-state index in [0.717, 1.165) is 50.5 Å². The van der Waals surface area contributed by atoms with E-state index in [1.54, 1.807) is 0 Å². The molecule has 4 saturated carbocycles. The molecule has 0 unspecified atom stereocenters. The van der Waals surface area contributed by atoms with Gasteiger partial charge in [-0.2, -0.15) is 5.26 Å². The highest BCUT2D eigenvalue weighted by molar-refractivity contribution is 6.01. The number of epoxide rings is 1. The minimum absolute atomic E-state index is 0.00452. The first-order valence-electron chi connectivity index (χ1n) is 14.5. The van der Waals surface area contributed by atoms with Crippen molar-refractivity contribution in [2.24, 2.45) is 50.2 Å². The van der Waals surface area contributed by atoms with Gasteiger partial charge in [0.15, 0.2) is 11.6 Å². The lowest BCUT2D eigenvalue weighted by molar-refractivity contribution is -0.192. The standard InChI is InChI=1S/C32H43NO5/c1-26(2)11-13-31(25(36)37-8)14-12-29(6)22(18(31)16-26)19(34)15-21-28(29,5)10-9-20-27(3,4)23(35)32(17-33)24(38-32)30(20,21)7/h15,18,20,22,24H,9-14,16H2,1-8H3/t18-,20-,22-,24+,28+,29+,30-,31-,32-/m0/s1. The molecule has 6 rings (SSSR count). The van der Waals surface area contributed by atoms with Gasteiger partial charge in [-0.05, 0) is 79.1 Å². The Kier molecular flexibility index (Phi) is 4.97. The van der Waals surface area contributed by atoms with E-state index in [-0.39, 0.29) is 51.5 Å². The number of fused-ring (bicyclic) bond motifs is 9. The summed E-state index contributed by atoms with van der Waals surface area (Å²) in [7, 11) is 1.48. The van der Waals surface area contributed by atoms with Crippen LogP contribution in [0.2, 0.25) is 0 Å². The van der Waals surface area contributed by atoms with Crippen LogP contribution in [-0.2, 0) is 23.9 Å². The van der Waals surface area contributed by atoms with Gasteiger partial charge in [0.1, 0.15) is 12.2 Å². The van der Waals surface area contributed by atoms with E-state index in [4.69, 9.17) is 9.47 Å². The van der Waals surface area contributed by atoms with Crippen molar-refractivity contribution in [2.75, 3.05) is 7.11 Å². The fourth-order valence-corrected chi connectivity index (χ4v) is 11.0. The molecule has 6 nitrogen and oxygen atoms in total. The second kappa shape index (κ2) is 7.19. The maximum Gasteiger partial charge on any atom is 0.312 e. The highest BCUT2D eigenvalue weighted by atomic mass is 16.6. The maximum atomic E-state index is 14.5. The molecule has 1 saturated heterocycles. The predicted octanol–water partition coefficient (Wildman–Crippen LogP) is 5.59. The van der Waals surface area contributed by atoms with Gasteiger partial charge in [-0.1, -0.05) is 54.0 Å².